The van der Waals surface area contributed by atoms with E-state index in [1.54, 1.807) is 12.4 Å². The number of aromatic amines is 2. The van der Waals surface area contributed by atoms with Crippen molar-refractivity contribution in [1.29, 1.82) is 0 Å². The summed E-state index contributed by atoms with van der Waals surface area (Å²) >= 11 is 0. The Labute approximate surface area is 115 Å². The molecule has 2 aromatic heterocycles. The summed E-state index contributed by atoms with van der Waals surface area (Å²) in [7, 11) is 0. The third-order valence-corrected chi connectivity index (χ3v) is 2.82. The highest BCUT2D eigenvalue weighted by Gasteiger charge is 2.19. The molecule has 8 nitrogen and oxygen atoms in total. The molecule has 0 fully saturated rings. The molecule has 1 amide bonds. The maximum Gasteiger partial charge on any atom is 0.237 e. The molecule has 8 heteroatoms. The Balaban J connectivity index is 1.86. The van der Waals surface area contributed by atoms with Gasteiger partial charge in [0.25, 0.3) is 0 Å². The predicted octanol–water partition coefficient (Wildman–Crippen LogP) is -1.07. The molecule has 0 saturated carbocycles. The molecular formula is C12H16N6O2. The van der Waals surface area contributed by atoms with Gasteiger partial charge in [0.2, 0.25) is 5.91 Å². The molecule has 20 heavy (non-hydrogen) atoms. The van der Waals surface area contributed by atoms with Gasteiger partial charge in [0, 0.05) is 36.6 Å². The van der Waals surface area contributed by atoms with Crippen molar-refractivity contribution in [3.8, 4) is 0 Å². The van der Waals surface area contributed by atoms with Gasteiger partial charge in [-0.1, -0.05) is 0 Å². The molecule has 0 saturated heterocycles. The molecule has 2 atom stereocenters. The van der Waals surface area contributed by atoms with Gasteiger partial charge >= 0.3 is 0 Å². The van der Waals surface area contributed by atoms with Crippen LogP contribution in [0.2, 0.25) is 0 Å². The number of amides is 1. The maximum absolute atomic E-state index is 11.9. The molecule has 0 spiro atoms. The molecule has 0 aliphatic heterocycles. The number of nitrogens with zero attached hydrogens (tertiary/aromatic N) is 2. The molecule has 106 valence electrons. The van der Waals surface area contributed by atoms with Crippen molar-refractivity contribution in [2.75, 3.05) is 0 Å². The van der Waals surface area contributed by atoms with Gasteiger partial charge < -0.3 is 25.8 Å². The van der Waals surface area contributed by atoms with E-state index < -0.39 is 12.1 Å². The highest BCUT2D eigenvalue weighted by molar-refractivity contribution is 5.84. The smallest absolute Gasteiger partial charge is 0.237 e. The lowest BCUT2D eigenvalue weighted by Crippen LogP contribution is -2.47. The summed E-state index contributed by atoms with van der Waals surface area (Å²) < 4.78 is 0. The van der Waals surface area contributed by atoms with Gasteiger partial charge in [0.1, 0.15) is 6.29 Å². The number of rotatable bonds is 7. The van der Waals surface area contributed by atoms with E-state index >= 15 is 0 Å². The largest absolute Gasteiger partial charge is 0.348 e. The van der Waals surface area contributed by atoms with Crippen LogP contribution >= 0.6 is 0 Å². The number of aldehydes is 1. The van der Waals surface area contributed by atoms with Gasteiger partial charge in [-0.15, -0.1) is 0 Å². The molecule has 2 rings (SSSR count). The van der Waals surface area contributed by atoms with E-state index in [2.05, 4.69) is 25.3 Å². The minimum Gasteiger partial charge on any atom is -0.348 e. The van der Waals surface area contributed by atoms with E-state index in [1.165, 1.54) is 12.7 Å². The standard InChI is InChI=1S/C12H16N6O2/c13-11(2-9-4-15-7-17-9)12(20)18-10(5-19)1-8-3-14-6-16-8/h3-7,10-11H,1-2,13H2,(H,14,16)(H,15,17)(H,18,20)/t10-,11?/m1/s1. The van der Waals surface area contributed by atoms with Crippen molar-refractivity contribution in [3.63, 3.8) is 0 Å². The van der Waals surface area contributed by atoms with Crippen LogP contribution in [0.5, 0.6) is 0 Å². The van der Waals surface area contributed by atoms with Gasteiger partial charge in [-0.25, -0.2) is 9.97 Å². The summed E-state index contributed by atoms with van der Waals surface area (Å²) in [5.41, 5.74) is 7.32. The van der Waals surface area contributed by atoms with E-state index in [9.17, 15) is 9.59 Å². The Hall–Kier alpha value is -2.48. The van der Waals surface area contributed by atoms with Crippen LogP contribution in [0.1, 0.15) is 11.4 Å². The van der Waals surface area contributed by atoms with Crippen molar-refractivity contribution < 1.29 is 9.59 Å². The van der Waals surface area contributed by atoms with E-state index in [4.69, 9.17) is 5.73 Å². The van der Waals surface area contributed by atoms with Crippen LogP contribution in [0.25, 0.3) is 0 Å². The highest BCUT2D eigenvalue weighted by Crippen LogP contribution is 1.99. The fourth-order valence-electron chi connectivity index (χ4n) is 1.78. The number of nitrogens with one attached hydrogen (secondary N) is 3. The normalized spacial score (nSPS) is 13.7. The van der Waals surface area contributed by atoms with E-state index in [1.807, 2.05) is 0 Å². The fraction of sp³-hybridized carbons (Fsp3) is 0.333. The number of nitrogens with two attached hydrogens (primary N) is 1. The number of carbonyl (C=O) groups excluding carboxylic acids is 2. The Morgan fingerprint density at radius 2 is 1.85 bits per heavy atom. The average molecular weight is 276 g/mol. The van der Waals surface area contributed by atoms with Crippen LogP contribution in [0, 0.1) is 0 Å². The number of hydrogen-bond acceptors (Lipinski definition) is 5. The minimum atomic E-state index is -0.736. The van der Waals surface area contributed by atoms with Crippen LogP contribution < -0.4 is 11.1 Å². The first-order valence-corrected chi connectivity index (χ1v) is 6.14. The molecule has 0 aromatic carbocycles. The van der Waals surface area contributed by atoms with Gasteiger partial charge in [-0.05, 0) is 0 Å². The molecular weight excluding hydrogens is 260 g/mol. The maximum atomic E-state index is 11.9. The number of carbonyl (C=O) groups is 2. The van der Waals surface area contributed by atoms with Crippen LogP contribution in [0.15, 0.2) is 25.0 Å². The molecule has 1 unspecified atom stereocenters. The van der Waals surface area contributed by atoms with Crippen LogP contribution in [0.3, 0.4) is 0 Å². The SMILES string of the molecule is NC(Cc1cnc[nH]1)C(=O)N[C@@H](C=O)Cc1cnc[nH]1. The number of H-pyrrole nitrogens is 2. The third kappa shape index (κ3) is 3.75. The Kier molecular flexibility index (Phi) is 4.61. The first-order valence-electron chi connectivity index (χ1n) is 6.14. The zero-order chi connectivity index (χ0) is 14.4. The van der Waals surface area contributed by atoms with Crippen molar-refractivity contribution in [2.45, 2.75) is 24.9 Å². The van der Waals surface area contributed by atoms with E-state index in [-0.39, 0.29) is 5.91 Å². The average Bonchev–Trinajstić information content (AvgIpc) is 3.11. The molecule has 5 N–H and O–H groups in total. The lowest BCUT2D eigenvalue weighted by molar-refractivity contribution is -0.125. The second kappa shape index (κ2) is 6.62. The van der Waals surface area contributed by atoms with Gasteiger partial charge in [0.05, 0.1) is 24.7 Å². The zero-order valence-corrected chi connectivity index (χ0v) is 10.7. The van der Waals surface area contributed by atoms with Crippen molar-refractivity contribution >= 4 is 12.2 Å². The summed E-state index contributed by atoms with van der Waals surface area (Å²) in [5.74, 6) is -0.379. The van der Waals surface area contributed by atoms with Gasteiger partial charge in [-0.3, -0.25) is 4.79 Å². The van der Waals surface area contributed by atoms with Crippen LogP contribution in [-0.2, 0) is 22.4 Å². The predicted molar refractivity (Wildman–Crippen MR) is 70.6 cm³/mol. The van der Waals surface area contributed by atoms with Crippen molar-refractivity contribution in [1.82, 2.24) is 25.3 Å². The number of hydrogen-bond donors (Lipinski definition) is 4. The van der Waals surface area contributed by atoms with E-state index in [0.29, 0.717) is 19.1 Å². The quantitative estimate of drug-likeness (QED) is 0.478. The van der Waals surface area contributed by atoms with E-state index in [0.717, 1.165) is 11.4 Å². The Morgan fingerprint density at radius 3 is 2.35 bits per heavy atom. The first kappa shape index (κ1) is 13.9. The number of imidazole rings is 2. The summed E-state index contributed by atoms with van der Waals surface area (Å²) in [6, 6.07) is -1.37. The lowest BCUT2D eigenvalue weighted by Gasteiger charge is -2.15. The molecule has 0 radical (unpaired) electrons. The lowest BCUT2D eigenvalue weighted by atomic mass is 10.1. The fourth-order valence-corrected chi connectivity index (χ4v) is 1.78. The Bertz CT molecular complexity index is 536. The molecule has 2 aromatic rings. The Morgan fingerprint density at radius 1 is 1.25 bits per heavy atom. The second-order valence-electron chi connectivity index (χ2n) is 4.42. The van der Waals surface area contributed by atoms with Gasteiger partial charge in [0.15, 0.2) is 0 Å². The van der Waals surface area contributed by atoms with Gasteiger partial charge in [-0.2, -0.15) is 0 Å². The monoisotopic (exact) mass is 276 g/mol. The number of aromatic nitrogens is 4. The minimum absolute atomic E-state index is 0.335. The third-order valence-electron chi connectivity index (χ3n) is 2.82. The zero-order valence-electron chi connectivity index (χ0n) is 10.7. The molecule has 0 bridgehead atoms. The van der Waals surface area contributed by atoms with Crippen LogP contribution in [0.4, 0.5) is 0 Å². The second-order valence-corrected chi connectivity index (χ2v) is 4.42. The first-order chi connectivity index (χ1) is 9.69. The summed E-state index contributed by atoms with van der Waals surface area (Å²) in [6.07, 6.45) is 7.62. The summed E-state index contributed by atoms with van der Waals surface area (Å²) in [4.78, 5) is 36.4. The van der Waals surface area contributed by atoms with Crippen molar-refractivity contribution in [3.05, 3.63) is 36.4 Å². The summed E-state index contributed by atoms with van der Waals surface area (Å²) in [6.45, 7) is 0. The van der Waals surface area contributed by atoms with Crippen molar-refractivity contribution in [2.24, 2.45) is 5.73 Å². The summed E-state index contributed by atoms with van der Waals surface area (Å²) in [5, 5.41) is 2.60. The van der Waals surface area contributed by atoms with Crippen LogP contribution in [-0.4, -0.2) is 44.2 Å². The molecule has 2 heterocycles. The highest BCUT2D eigenvalue weighted by atomic mass is 16.2. The topological polar surface area (TPSA) is 130 Å². The molecule has 0 aliphatic rings. The molecule has 0 aliphatic carbocycles.